The van der Waals surface area contributed by atoms with E-state index >= 15 is 0 Å². The van der Waals surface area contributed by atoms with Crippen LogP contribution >= 0.6 is 11.8 Å². The van der Waals surface area contributed by atoms with Crippen LogP contribution in [0.2, 0.25) is 0 Å². The Balaban J connectivity index is 3.84. The third-order valence-corrected chi connectivity index (χ3v) is 4.46. The zero-order chi connectivity index (χ0) is 13.3. The van der Waals surface area contributed by atoms with Gasteiger partial charge in [-0.3, -0.25) is 4.79 Å². The number of ether oxygens (including phenoxy) is 1. The van der Waals surface area contributed by atoms with Crippen LogP contribution in [0.3, 0.4) is 0 Å². The number of carbonyl (C=O) groups excluding carboxylic acids is 1. The third kappa shape index (κ3) is 9.43. The monoisotopic (exact) mass is 283 g/mol. The highest BCUT2D eigenvalue weighted by molar-refractivity contribution is 7.98. The first kappa shape index (κ1) is 16.7. The number of nitrogens with one attached hydrogen (secondary N) is 1. The molecule has 0 aliphatic rings. The maximum Gasteiger partial charge on any atom is 0.305 e. The van der Waals surface area contributed by atoms with Gasteiger partial charge in [0.15, 0.2) is 0 Å². The summed E-state index contributed by atoms with van der Waals surface area (Å²) in [6, 6.07) is 0. The number of hydrogen-bond acceptors (Lipinski definition) is 5. The molecular formula is C10H21NO4S2. The highest BCUT2D eigenvalue weighted by Gasteiger charge is 2.12. The van der Waals surface area contributed by atoms with Crippen LogP contribution in [-0.2, 0) is 19.6 Å². The van der Waals surface area contributed by atoms with Gasteiger partial charge in [-0.1, -0.05) is 6.92 Å². The molecule has 0 aliphatic carbocycles. The number of sulfonamides is 1. The Morgan fingerprint density at radius 2 is 2.12 bits per heavy atom. The van der Waals surface area contributed by atoms with Crippen molar-refractivity contribution in [2.24, 2.45) is 5.92 Å². The third-order valence-electron chi connectivity index (χ3n) is 2.12. The summed E-state index contributed by atoms with van der Waals surface area (Å²) in [5, 5.41) is 0. The van der Waals surface area contributed by atoms with E-state index in [0.29, 0.717) is 18.9 Å². The molecule has 1 atom stereocenters. The summed E-state index contributed by atoms with van der Waals surface area (Å²) in [5.74, 6) is 0.815. The van der Waals surface area contributed by atoms with E-state index in [2.05, 4.69) is 9.46 Å². The van der Waals surface area contributed by atoms with Crippen LogP contribution in [0, 0.1) is 5.92 Å². The van der Waals surface area contributed by atoms with E-state index in [0.717, 1.165) is 5.75 Å². The van der Waals surface area contributed by atoms with Crippen LogP contribution in [0.1, 0.15) is 19.8 Å². The smallest absolute Gasteiger partial charge is 0.305 e. The second kappa shape index (κ2) is 8.77. The topological polar surface area (TPSA) is 72.5 Å². The number of methoxy groups -OCH3 is 1. The summed E-state index contributed by atoms with van der Waals surface area (Å²) >= 11 is 1.69. The molecule has 0 spiro atoms. The molecule has 0 aliphatic heterocycles. The minimum Gasteiger partial charge on any atom is -0.469 e. The molecule has 0 saturated heterocycles. The fraction of sp³-hybridized carbons (Fsp3) is 0.900. The minimum atomic E-state index is -3.27. The van der Waals surface area contributed by atoms with Gasteiger partial charge in [-0.2, -0.15) is 11.8 Å². The molecule has 0 heterocycles. The van der Waals surface area contributed by atoms with Crippen molar-refractivity contribution in [3.05, 3.63) is 0 Å². The fourth-order valence-corrected chi connectivity index (χ4v) is 3.09. The van der Waals surface area contributed by atoms with Gasteiger partial charge in [-0.15, -0.1) is 0 Å². The van der Waals surface area contributed by atoms with Gasteiger partial charge in [0.2, 0.25) is 10.0 Å². The van der Waals surface area contributed by atoms with Crippen LogP contribution in [0.15, 0.2) is 0 Å². The van der Waals surface area contributed by atoms with E-state index in [1.165, 1.54) is 7.11 Å². The van der Waals surface area contributed by atoms with Crippen molar-refractivity contribution in [2.45, 2.75) is 19.8 Å². The molecule has 7 heteroatoms. The number of carbonyl (C=O) groups is 1. The summed E-state index contributed by atoms with van der Waals surface area (Å²) in [6.45, 7) is 2.44. The summed E-state index contributed by atoms with van der Waals surface area (Å²) in [4.78, 5) is 10.8. The van der Waals surface area contributed by atoms with Gasteiger partial charge in [0.05, 0.1) is 12.9 Å². The minimum absolute atomic E-state index is 0.0336. The van der Waals surface area contributed by atoms with Gasteiger partial charge in [0.1, 0.15) is 0 Å². The van der Waals surface area contributed by atoms with Crippen molar-refractivity contribution in [3.63, 3.8) is 0 Å². The summed E-state index contributed by atoms with van der Waals surface area (Å²) in [6.07, 6.45) is 2.41. The van der Waals surface area contributed by atoms with Crippen molar-refractivity contribution in [1.29, 1.82) is 0 Å². The van der Waals surface area contributed by atoms with Crippen LogP contribution in [0.4, 0.5) is 0 Å². The average Bonchev–Trinajstić information content (AvgIpc) is 2.26. The van der Waals surface area contributed by atoms with E-state index in [1.54, 1.807) is 11.8 Å². The molecule has 0 amide bonds. The number of esters is 1. The van der Waals surface area contributed by atoms with Gasteiger partial charge in [0.25, 0.3) is 0 Å². The van der Waals surface area contributed by atoms with Gasteiger partial charge < -0.3 is 4.74 Å². The van der Waals surface area contributed by atoms with Crippen molar-refractivity contribution < 1.29 is 17.9 Å². The van der Waals surface area contributed by atoms with Gasteiger partial charge in [-0.05, 0) is 24.3 Å². The molecule has 0 aromatic carbocycles. The fourth-order valence-electron chi connectivity index (χ4n) is 1.19. The molecule has 0 rings (SSSR count). The van der Waals surface area contributed by atoms with Gasteiger partial charge in [0, 0.05) is 13.0 Å². The van der Waals surface area contributed by atoms with E-state index in [-0.39, 0.29) is 18.1 Å². The Bertz CT molecular complexity index is 316. The van der Waals surface area contributed by atoms with Crippen molar-refractivity contribution in [1.82, 2.24) is 4.72 Å². The van der Waals surface area contributed by atoms with Crippen molar-refractivity contribution >= 4 is 27.8 Å². The average molecular weight is 283 g/mol. The Labute approximate surface area is 108 Å². The van der Waals surface area contributed by atoms with Crippen LogP contribution < -0.4 is 4.72 Å². The second-order valence-electron chi connectivity index (χ2n) is 3.91. The molecular weight excluding hydrogens is 262 g/mol. The van der Waals surface area contributed by atoms with E-state index < -0.39 is 10.0 Å². The van der Waals surface area contributed by atoms with E-state index in [1.807, 2.05) is 13.2 Å². The lowest BCUT2D eigenvalue weighted by Crippen LogP contribution is -2.31. The molecule has 0 radical (unpaired) electrons. The maximum absolute atomic E-state index is 11.5. The Kier molecular flexibility index (Phi) is 8.63. The van der Waals surface area contributed by atoms with E-state index in [9.17, 15) is 13.2 Å². The number of rotatable bonds is 9. The lowest BCUT2D eigenvalue weighted by Gasteiger charge is -2.11. The van der Waals surface area contributed by atoms with Crippen LogP contribution in [-0.4, -0.2) is 45.8 Å². The first-order valence-corrected chi connectivity index (χ1v) is 8.49. The molecule has 0 aromatic heterocycles. The first-order chi connectivity index (χ1) is 7.91. The first-order valence-electron chi connectivity index (χ1n) is 5.44. The maximum atomic E-state index is 11.5. The van der Waals surface area contributed by atoms with Crippen LogP contribution in [0.25, 0.3) is 0 Å². The summed E-state index contributed by atoms with van der Waals surface area (Å²) < 4.78 is 30.1. The number of thioether (sulfide) groups is 1. The molecule has 1 unspecified atom stereocenters. The predicted molar refractivity (Wildman–Crippen MR) is 70.6 cm³/mol. The lowest BCUT2D eigenvalue weighted by molar-refractivity contribution is -0.140. The Hall–Kier alpha value is -0.270. The molecule has 0 aromatic rings. The SMILES string of the molecule is COC(=O)CCCS(=O)(=O)NCC(C)CSC. The standard InChI is InChI=1S/C10H21NO4S2/c1-9(8-16-3)7-11-17(13,14)6-4-5-10(12)15-2/h9,11H,4-8H2,1-3H3. The van der Waals surface area contributed by atoms with Crippen molar-refractivity contribution in [3.8, 4) is 0 Å². The second-order valence-corrected chi connectivity index (χ2v) is 6.74. The van der Waals surface area contributed by atoms with Crippen molar-refractivity contribution in [2.75, 3.05) is 31.4 Å². The quantitative estimate of drug-likeness (QED) is 0.635. The Morgan fingerprint density at radius 1 is 1.47 bits per heavy atom. The molecule has 5 nitrogen and oxygen atoms in total. The zero-order valence-corrected chi connectivity index (χ0v) is 12.2. The summed E-state index contributed by atoms with van der Waals surface area (Å²) in [7, 11) is -1.98. The largest absolute Gasteiger partial charge is 0.469 e. The molecule has 0 fully saturated rings. The zero-order valence-electron chi connectivity index (χ0n) is 10.6. The molecule has 17 heavy (non-hydrogen) atoms. The van der Waals surface area contributed by atoms with Gasteiger partial charge >= 0.3 is 5.97 Å². The molecule has 0 saturated carbocycles. The Morgan fingerprint density at radius 3 is 2.65 bits per heavy atom. The molecule has 102 valence electrons. The van der Waals surface area contributed by atoms with Crippen LogP contribution in [0.5, 0.6) is 0 Å². The summed E-state index contributed by atoms with van der Waals surface area (Å²) in [5.41, 5.74) is 0. The number of hydrogen-bond donors (Lipinski definition) is 1. The molecule has 1 N–H and O–H groups in total. The van der Waals surface area contributed by atoms with Gasteiger partial charge in [-0.25, -0.2) is 13.1 Å². The van der Waals surface area contributed by atoms with E-state index in [4.69, 9.17) is 0 Å². The predicted octanol–water partition coefficient (Wildman–Crippen LogP) is 0.858. The normalized spacial score (nSPS) is 13.4. The lowest BCUT2D eigenvalue weighted by atomic mass is 10.2. The highest BCUT2D eigenvalue weighted by Crippen LogP contribution is 2.04. The highest BCUT2D eigenvalue weighted by atomic mass is 32.2. The molecule has 0 bridgehead atoms.